The van der Waals surface area contributed by atoms with Gasteiger partial charge in [-0.3, -0.25) is 4.98 Å². The highest BCUT2D eigenvalue weighted by atomic mass is 35.5. The molecule has 0 aliphatic rings. The molecule has 0 aliphatic heterocycles. The van der Waals surface area contributed by atoms with E-state index in [1.807, 2.05) is 12.3 Å². The third-order valence-corrected chi connectivity index (χ3v) is 2.73. The molecule has 0 atom stereocenters. The van der Waals surface area contributed by atoms with Crippen LogP contribution in [0.15, 0.2) is 42.7 Å². The van der Waals surface area contributed by atoms with E-state index in [4.69, 9.17) is 11.6 Å². The molecule has 1 aromatic heterocycles. The fourth-order valence-corrected chi connectivity index (χ4v) is 1.82. The van der Waals surface area contributed by atoms with Crippen LogP contribution >= 0.6 is 11.6 Å². The maximum atomic E-state index is 5.78. The molecular formula is C13H12ClN. The molecule has 0 bridgehead atoms. The van der Waals surface area contributed by atoms with Gasteiger partial charge in [-0.2, -0.15) is 0 Å². The van der Waals surface area contributed by atoms with E-state index in [-0.39, 0.29) is 0 Å². The molecule has 2 aromatic rings. The highest BCUT2D eigenvalue weighted by Crippen LogP contribution is 2.23. The first-order chi connectivity index (χ1) is 7.31. The Labute approximate surface area is 94.7 Å². The van der Waals surface area contributed by atoms with Gasteiger partial charge in [-0.1, -0.05) is 24.3 Å². The second-order valence-corrected chi connectivity index (χ2v) is 3.79. The quantitative estimate of drug-likeness (QED) is 0.698. The van der Waals surface area contributed by atoms with Crippen LogP contribution in [0.4, 0.5) is 0 Å². The van der Waals surface area contributed by atoms with Crippen LogP contribution in [0.3, 0.4) is 0 Å². The number of aryl methyl sites for hydroxylation is 1. The van der Waals surface area contributed by atoms with Gasteiger partial charge in [-0.05, 0) is 29.7 Å². The van der Waals surface area contributed by atoms with E-state index >= 15 is 0 Å². The Kier molecular flexibility index (Phi) is 3.02. The second-order valence-electron chi connectivity index (χ2n) is 3.52. The summed E-state index contributed by atoms with van der Waals surface area (Å²) in [6, 6.07) is 10.3. The molecule has 1 heterocycles. The Bertz CT molecular complexity index is 451. The van der Waals surface area contributed by atoms with Gasteiger partial charge in [0.2, 0.25) is 0 Å². The van der Waals surface area contributed by atoms with Gasteiger partial charge in [0.15, 0.2) is 0 Å². The van der Waals surface area contributed by atoms with E-state index in [1.165, 1.54) is 11.1 Å². The van der Waals surface area contributed by atoms with Crippen molar-refractivity contribution in [2.75, 3.05) is 0 Å². The highest BCUT2D eigenvalue weighted by molar-refractivity contribution is 6.17. The Morgan fingerprint density at radius 2 is 2.13 bits per heavy atom. The molecule has 0 aliphatic carbocycles. The molecule has 2 rings (SSSR count). The minimum Gasteiger partial charge on any atom is -0.264 e. The zero-order chi connectivity index (χ0) is 10.7. The van der Waals surface area contributed by atoms with Crippen LogP contribution in [0.1, 0.15) is 11.1 Å². The van der Waals surface area contributed by atoms with Gasteiger partial charge < -0.3 is 0 Å². The Hall–Kier alpha value is -1.34. The number of alkyl halides is 1. The maximum Gasteiger partial charge on any atom is 0.0474 e. The van der Waals surface area contributed by atoms with Crippen LogP contribution in [0.2, 0.25) is 0 Å². The monoisotopic (exact) mass is 217 g/mol. The van der Waals surface area contributed by atoms with E-state index in [9.17, 15) is 0 Å². The number of pyridine rings is 1. The first-order valence-electron chi connectivity index (χ1n) is 4.87. The summed E-state index contributed by atoms with van der Waals surface area (Å²) in [5.41, 5.74) is 4.76. The van der Waals surface area contributed by atoms with Crippen LogP contribution < -0.4 is 0 Å². The van der Waals surface area contributed by atoms with E-state index in [1.54, 1.807) is 6.20 Å². The van der Waals surface area contributed by atoms with Crippen molar-refractivity contribution in [3.8, 4) is 11.1 Å². The van der Waals surface area contributed by atoms with Gasteiger partial charge in [0, 0.05) is 23.8 Å². The van der Waals surface area contributed by atoms with Gasteiger partial charge >= 0.3 is 0 Å². The molecule has 0 amide bonds. The van der Waals surface area contributed by atoms with Gasteiger partial charge in [0.05, 0.1) is 0 Å². The van der Waals surface area contributed by atoms with Crippen LogP contribution in [0.25, 0.3) is 11.1 Å². The highest BCUT2D eigenvalue weighted by Gasteiger charge is 2.02. The molecule has 2 heteroatoms. The molecular weight excluding hydrogens is 206 g/mol. The summed E-state index contributed by atoms with van der Waals surface area (Å²) < 4.78 is 0. The first-order valence-corrected chi connectivity index (χ1v) is 5.40. The van der Waals surface area contributed by atoms with Crippen LogP contribution in [0.5, 0.6) is 0 Å². The number of benzene rings is 1. The molecule has 1 nitrogen and oxygen atoms in total. The predicted octanol–water partition coefficient (Wildman–Crippen LogP) is 3.80. The standard InChI is InChI=1S/C13H12ClN/c1-10-7-11(8-14)4-5-13(10)12-3-2-6-15-9-12/h2-7,9H,8H2,1H3. The van der Waals surface area contributed by atoms with Crippen molar-refractivity contribution >= 4 is 11.6 Å². The fourth-order valence-electron chi connectivity index (χ4n) is 1.65. The zero-order valence-electron chi connectivity index (χ0n) is 8.57. The van der Waals surface area contributed by atoms with Crippen LogP contribution in [0, 0.1) is 6.92 Å². The molecule has 0 radical (unpaired) electrons. The van der Waals surface area contributed by atoms with Crippen molar-refractivity contribution in [2.24, 2.45) is 0 Å². The smallest absolute Gasteiger partial charge is 0.0474 e. The number of halogens is 1. The van der Waals surface area contributed by atoms with Crippen molar-refractivity contribution in [2.45, 2.75) is 12.8 Å². The average Bonchev–Trinajstić information content (AvgIpc) is 2.30. The van der Waals surface area contributed by atoms with Gasteiger partial charge in [0.1, 0.15) is 0 Å². The largest absolute Gasteiger partial charge is 0.264 e. The van der Waals surface area contributed by atoms with Gasteiger partial charge in [-0.15, -0.1) is 11.6 Å². The van der Waals surface area contributed by atoms with Crippen molar-refractivity contribution < 1.29 is 0 Å². The summed E-state index contributed by atoms with van der Waals surface area (Å²) in [5.74, 6) is 0.564. The van der Waals surface area contributed by atoms with Crippen LogP contribution in [-0.4, -0.2) is 4.98 Å². The predicted molar refractivity (Wildman–Crippen MR) is 64.0 cm³/mol. The van der Waals surface area contributed by atoms with Crippen molar-refractivity contribution in [1.29, 1.82) is 0 Å². The zero-order valence-corrected chi connectivity index (χ0v) is 9.33. The number of hydrogen-bond acceptors (Lipinski definition) is 1. The molecule has 0 saturated carbocycles. The third kappa shape index (κ3) is 2.18. The van der Waals surface area contributed by atoms with Crippen molar-refractivity contribution in [3.63, 3.8) is 0 Å². The number of hydrogen-bond donors (Lipinski definition) is 0. The third-order valence-electron chi connectivity index (χ3n) is 2.42. The normalized spacial score (nSPS) is 10.3. The Morgan fingerprint density at radius 3 is 2.73 bits per heavy atom. The SMILES string of the molecule is Cc1cc(CCl)ccc1-c1cccnc1. The molecule has 0 N–H and O–H groups in total. The maximum absolute atomic E-state index is 5.78. The fraction of sp³-hybridized carbons (Fsp3) is 0.154. The topological polar surface area (TPSA) is 12.9 Å². The summed E-state index contributed by atoms with van der Waals surface area (Å²) in [6.45, 7) is 2.10. The van der Waals surface area contributed by atoms with E-state index < -0.39 is 0 Å². The van der Waals surface area contributed by atoms with Gasteiger partial charge in [0.25, 0.3) is 0 Å². The molecule has 0 unspecified atom stereocenters. The number of aromatic nitrogens is 1. The molecule has 15 heavy (non-hydrogen) atoms. The summed E-state index contributed by atoms with van der Waals surface area (Å²) in [4.78, 5) is 4.12. The summed E-state index contributed by atoms with van der Waals surface area (Å²) >= 11 is 5.78. The van der Waals surface area contributed by atoms with Crippen LogP contribution in [-0.2, 0) is 5.88 Å². The van der Waals surface area contributed by atoms with E-state index in [2.05, 4.69) is 36.2 Å². The summed E-state index contributed by atoms with van der Waals surface area (Å²) in [5, 5.41) is 0. The first kappa shape index (κ1) is 10.2. The Balaban J connectivity index is 2.46. The molecule has 0 fully saturated rings. The van der Waals surface area contributed by atoms with E-state index in [0.717, 1.165) is 11.1 Å². The lowest BCUT2D eigenvalue weighted by atomic mass is 10.0. The minimum atomic E-state index is 0.564. The Morgan fingerprint density at radius 1 is 1.27 bits per heavy atom. The van der Waals surface area contributed by atoms with E-state index in [0.29, 0.717) is 5.88 Å². The van der Waals surface area contributed by atoms with Gasteiger partial charge in [-0.25, -0.2) is 0 Å². The molecule has 76 valence electrons. The second kappa shape index (κ2) is 4.45. The number of rotatable bonds is 2. The lowest BCUT2D eigenvalue weighted by Gasteiger charge is -2.06. The molecule has 0 saturated heterocycles. The summed E-state index contributed by atoms with van der Waals surface area (Å²) in [7, 11) is 0. The molecule has 0 spiro atoms. The van der Waals surface area contributed by atoms with Crippen molar-refractivity contribution in [3.05, 3.63) is 53.9 Å². The average molecular weight is 218 g/mol. The summed E-state index contributed by atoms with van der Waals surface area (Å²) in [6.07, 6.45) is 3.66. The number of nitrogens with zero attached hydrogens (tertiary/aromatic N) is 1. The molecule has 1 aromatic carbocycles. The lowest BCUT2D eigenvalue weighted by molar-refractivity contribution is 1.30. The lowest BCUT2D eigenvalue weighted by Crippen LogP contribution is -1.86. The minimum absolute atomic E-state index is 0.564. The van der Waals surface area contributed by atoms with Crippen molar-refractivity contribution in [1.82, 2.24) is 4.98 Å².